The summed E-state index contributed by atoms with van der Waals surface area (Å²) in [4.78, 5) is 12.3. The molecule has 0 spiro atoms. The van der Waals surface area contributed by atoms with Gasteiger partial charge in [-0.3, -0.25) is 4.79 Å². The molecule has 0 heterocycles. The summed E-state index contributed by atoms with van der Waals surface area (Å²) in [7, 11) is -2.18. The first-order chi connectivity index (χ1) is 14.9. The van der Waals surface area contributed by atoms with Gasteiger partial charge in [-0.05, 0) is 48.0 Å². The van der Waals surface area contributed by atoms with E-state index in [9.17, 15) is 13.2 Å². The topological polar surface area (TPSA) is 93.7 Å². The van der Waals surface area contributed by atoms with Crippen LogP contribution in [-0.4, -0.2) is 28.0 Å². The first-order valence-corrected chi connectivity index (χ1v) is 11.1. The van der Waals surface area contributed by atoms with Gasteiger partial charge in [0.25, 0.3) is 5.91 Å². The maximum Gasteiger partial charge on any atom is 0.262 e. The number of carbonyl (C=O) groups is 1. The largest absolute Gasteiger partial charge is 0.495 e. The van der Waals surface area contributed by atoms with E-state index in [-0.39, 0.29) is 18.0 Å². The van der Waals surface area contributed by atoms with Crippen molar-refractivity contribution in [1.82, 2.24) is 4.72 Å². The van der Waals surface area contributed by atoms with Gasteiger partial charge in [0.05, 0.1) is 17.7 Å². The smallest absolute Gasteiger partial charge is 0.262 e. The average Bonchev–Trinajstić information content (AvgIpc) is 2.77. The second-order valence-corrected chi connectivity index (χ2v) is 8.67. The van der Waals surface area contributed by atoms with E-state index in [1.807, 2.05) is 30.3 Å². The van der Waals surface area contributed by atoms with Crippen LogP contribution in [0.1, 0.15) is 5.56 Å². The number of methoxy groups -OCH3 is 1. The number of ether oxygens (including phenoxy) is 2. The molecule has 0 aliphatic rings. The summed E-state index contributed by atoms with van der Waals surface area (Å²) < 4.78 is 38.0. The van der Waals surface area contributed by atoms with Gasteiger partial charge in [-0.25, -0.2) is 13.1 Å². The molecule has 0 saturated carbocycles. The predicted molar refractivity (Wildman–Crippen MR) is 119 cm³/mol. The molecule has 162 valence electrons. The fraction of sp³-hybridized carbons (Fsp3) is 0.136. The number of halogens is 1. The normalized spacial score (nSPS) is 11.0. The van der Waals surface area contributed by atoms with Crippen LogP contribution < -0.4 is 19.5 Å². The number of hydrogen-bond acceptors (Lipinski definition) is 5. The molecule has 0 bridgehead atoms. The van der Waals surface area contributed by atoms with Crippen LogP contribution in [0.2, 0.25) is 5.02 Å². The zero-order chi connectivity index (χ0) is 22.3. The first kappa shape index (κ1) is 22.6. The van der Waals surface area contributed by atoms with Gasteiger partial charge in [-0.1, -0.05) is 41.9 Å². The monoisotopic (exact) mass is 460 g/mol. The van der Waals surface area contributed by atoms with Crippen LogP contribution in [-0.2, 0) is 21.4 Å². The zero-order valence-corrected chi connectivity index (χ0v) is 18.2. The van der Waals surface area contributed by atoms with Gasteiger partial charge in [0.1, 0.15) is 11.5 Å². The Balaban J connectivity index is 1.55. The zero-order valence-electron chi connectivity index (χ0n) is 16.7. The molecule has 0 aliphatic carbocycles. The molecule has 3 aromatic rings. The van der Waals surface area contributed by atoms with Crippen molar-refractivity contribution in [3.63, 3.8) is 0 Å². The molecule has 3 rings (SSSR count). The molecule has 9 heteroatoms. The van der Waals surface area contributed by atoms with Crippen molar-refractivity contribution in [2.45, 2.75) is 11.4 Å². The highest BCUT2D eigenvalue weighted by Crippen LogP contribution is 2.27. The molecule has 7 nitrogen and oxygen atoms in total. The molecule has 1 amide bonds. The second kappa shape index (κ2) is 10.3. The maximum absolute atomic E-state index is 12.4. The fourth-order valence-electron chi connectivity index (χ4n) is 2.69. The van der Waals surface area contributed by atoms with E-state index in [1.54, 1.807) is 18.2 Å². The highest BCUT2D eigenvalue weighted by molar-refractivity contribution is 7.89. The Kier molecular flexibility index (Phi) is 7.51. The van der Waals surface area contributed by atoms with Crippen LogP contribution in [0.5, 0.6) is 11.5 Å². The molecule has 0 aromatic heterocycles. The number of sulfonamides is 1. The van der Waals surface area contributed by atoms with Crippen LogP contribution in [0.15, 0.2) is 77.7 Å². The summed E-state index contributed by atoms with van der Waals surface area (Å²) in [6.07, 6.45) is 0. The third-order valence-corrected chi connectivity index (χ3v) is 5.90. The summed E-state index contributed by atoms with van der Waals surface area (Å²) in [6, 6.07) is 19.9. The van der Waals surface area contributed by atoms with Crippen molar-refractivity contribution in [3.8, 4) is 11.5 Å². The Hall–Kier alpha value is -3.07. The van der Waals surface area contributed by atoms with E-state index >= 15 is 0 Å². The SMILES string of the molecule is COc1ccc(Cl)cc1NC(=O)COc1ccc(S(=O)(=O)NCc2ccccc2)cc1. The minimum Gasteiger partial charge on any atom is -0.495 e. The minimum absolute atomic E-state index is 0.101. The van der Waals surface area contributed by atoms with Gasteiger partial charge in [-0.2, -0.15) is 0 Å². The number of amides is 1. The Bertz CT molecular complexity index is 1140. The lowest BCUT2D eigenvalue weighted by atomic mass is 10.2. The highest BCUT2D eigenvalue weighted by atomic mass is 35.5. The summed E-state index contributed by atoms with van der Waals surface area (Å²) >= 11 is 5.95. The van der Waals surface area contributed by atoms with Crippen molar-refractivity contribution < 1.29 is 22.7 Å². The van der Waals surface area contributed by atoms with Crippen LogP contribution in [0, 0.1) is 0 Å². The summed E-state index contributed by atoms with van der Waals surface area (Å²) in [5, 5.41) is 3.11. The van der Waals surface area contributed by atoms with Gasteiger partial charge in [0, 0.05) is 11.6 Å². The number of benzene rings is 3. The Morgan fingerprint density at radius 3 is 2.39 bits per heavy atom. The molecular weight excluding hydrogens is 440 g/mol. The average molecular weight is 461 g/mol. The summed E-state index contributed by atoms with van der Waals surface area (Å²) in [5.74, 6) is 0.410. The van der Waals surface area contributed by atoms with Gasteiger partial charge >= 0.3 is 0 Å². The van der Waals surface area contributed by atoms with Crippen molar-refractivity contribution in [2.24, 2.45) is 0 Å². The van der Waals surface area contributed by atoms with Gasteiger partial charge in [0.15, 0.2) is 6.61 Å². The third kappa shape index (κ3) is 6.45. The summed E-state index contributed by atoms with van der Waals surface area (Å²) in [5.41, 5.74) is 1.28. The van der Waals surface area contributed by atoms with Crippen LogP contribution >= 0.6 is 11.6 Å². The number of hydrogen-bond donors (Lipinski definition) is 2. The quantitative estimate of drug-likeness (QED) is 0.506. The van der Waals surface area contributed by atoms with Crippen LogP contribution in [0.3, 0.4) is 0 Å². The fourth-order valence-corrected chi connectivity index (χ4v) is 3.88. The standard InChI is InChI=1S/C22H21ClN2O5S/c1-29-21-12-7-17(23)13-20(21)25-22(26)15-30-18-8-10-19(11-9-18)31(27,28)24-14-16-5-3-2-4-6-16/h2-13,24H,14-15H2,1H3,(H,25,26). The molecule has 0 fully saturated rings. The third-order valence-electron chi connectivity index (χ3n) is 4.25. The van der Waals surface area contributed by atoms with Crippen molar-refractivity contribution >= 4 is 33.2 Å². The Morgan fingerprint density at radius 2 is 1.71 bits per heavy atom. The van der Waals surface area contributed by atoms with E-state index in [0.717, 1.165) is 5.56 Å². The number of rotatable bonds is 9. The predicted octanol–water partition coefficient (Wildman–Crippen LogP) is 3.84. The van der Waals surface area contributed by atoms with E-state index < -0.39 is 15.9 Å². The molecule has 0 aliphatic heterocycles. The van der Waals surface area contributed by atoms with Crippen molar-refractivity contribution in [3.05, 3.63) is 83.4 Å². The molecule has 31 heavy (non-hydrogen) atoms. The number of nitrogens with one attached hydrogen (secondary N) is 2. The lowest BCUT2D eigenvalue weighted by Gasteiger charge is -2.12. The van der Waals surface area contributed by atoms with Crippen molar-refractivity contribution in [2.75, 3.05) is 19.0 Å². The van der Waals surface area contributed by atoms with Gasteiger partial charge in [0.2, 0.25) is 10.0 Å². The second-order valence-electron chi connectivity index (χ2n) is 6.46. The van der Waals surface area contributed by atoms with E-state index in [4.69, 9.17) is 21.1 Å². The Morgan fingerprint density at radius 1 is 1.00 bits per heavy atom. The van der Waals surface area contributed by atoms with E-state index in [2.05, 4.69) is 10.0 Å². The summed E-state index contributed by atoms with van der Waals surface area (Å²) in [6.45, 7) is -0.0808. The minimum atomic E-state index is -3.67. The molecule has 3 aromatic carbocycles. The van der Waals surface area contributed by atoms with Gasteiger partial charge in [-0.15, -0.1) is 0 Å². The highest BCUT2D eigenvalue weighted by Gasteiger charge is 2.14. The Labute approximate surface area is 186 Å². The van der Waals surface area contributed by atoms with Crippen LogP contribution in [0.25, 0.3) is 0 Å². The lowest BCUT2D eigenvalue weighted by molar-refractivity contribution is -0.118. The van der Waals surface area contributed by atoms with Crippen LogP contribution in [0.4, 0.5) is 5.69 Å². The molecular formula is C22H21ClN2O5S. The lowest BCUT2D eigenvalue weighted by Crippen LogP contribution is -2.23. The van der Waals surface area contributed by atoms with Crippen molar-refractivity contribution in [1.29, 1.82) is 0 Å². The number of anilines is 1. The van der Waals surface area contributed by atoms with E-state index in [1.165, 1.54) is 31.4 Å². The van der Waals surface area contributed by atoms with E-state index in [0.29, 0.717) is 22.2 Å². The molecule has 0 unspecified atom stereocenters. The number of carbonyl (C=O) groups excluding carboxylic acids is 1. The maximum atomic E-state index is 12.4. The molecule has 2 N–H and O–H groups in total. The van der Waals surface area contributed by atoms with Gasteiger partial charge < -0.3 is 14.8 Å². The molecule has 0 atom stereocenters. The molecule has 0 radical (unpaired) electrons. The first-order valence-electron chi connectivity index (χ1n) is 9.27. The molecule has 0 saturated heterocycles.